The molecule has 1 aromatic heterocycles. The molecule has 1 aliphatic carbocycles. The zero-order valence-corrected chi connectivity index (χ0v) is 11.6. The summed E-state index contributed by atoms with van der Waals surface area (Å²) in [6.07, 6.45) is 4.54. The summed E-state index contributed by atoms with van der Waals surface area (Å²) in [5, 5.41) is 9.49. The fraction of sp³-hybridized carbons (Fsp3) is 0.438. The van der Waals surface area contributed by atoms with Crippen LogP contribution in [0, 0.1) is 0 Å². The Kier molecular flexibility index (Phi) is 2.96. The molecule has 2 aromatic rings. The van der Waals surface area contributed by atoms with E-state index >= 15 is 0 Å². The van der Waals surface area contributed by atoms with Crippen molar-refractivity contribution in [3.05, 3.63) is 30.5 Å². The number of anilines is 2. The number of nitrogens with zero attached hydrogens (tertiary/aromatic N) is 2. The lowest BCUT2D eigenvalue weighted by molar-refractivity contribution is 0.586. The van der Waals surface area contributed by atoms with Gasteiger partial charge in [-0.15, -0.1) is 0 Å². The molecule has 0 atom stereocenters. The molecular weight excluding hydrogens is 248 g/mol. The van der Waals surface area contributed by atoms with E-state index in [2.05, 4.69) is 44.8 Å². The minimum Gasteiger partial charge on any atom is -0.382 e. The summed E-state index contributed by atoms with van der Waals surface area (Å²) >= 11 is 0. The molecule has 1 aliphatic heterocycles. The van der Waals surface area contributed by atoms with Crippen LogP contribution in [0.2, 0.25) is 0 Å². The lowest BCUT2D eigenvalue weighted by Gasteiger charge is -2.29. The van der Waals surface area contributed by atoms with Gasteiger partial charge in [0.1, 0.15) is 5.82 Å². The predicted octanol–water partition coefficient (Wildman–Crippen LogP) is 2.22. The van der Waals surface area contributed by atoms with E-state index in [-0.39, 0.29) is 0 Å². The average molecular weight is 268 g/mol. The van der Waals surface area contributed by atoms with Gasteiger partial charge in [-0.3, -0.25) is 0 Å². The number of pyridine rings is 1. The highest BCUT2D eigenvalue weighted by Crippen LogP contribution is 2.30. The molecule has 104 valence electrons. The molecule has 2 fully saturated rings. The Morgan fingerprint density at radius 3 is 2.80 bits per heavy atom. The lowest BCUT2D eigenvalue weighted by Crippen LogP contribution is -2.43. The standard InChI is InChI=1S/C16H20N4/c1-2-13(1)19-14-3-4-15-12(11-14)5-6-18-16(15)20-9-7-17-8-10-20/h3-6,11,13,17,19H,1-2,7-10H2. The van der Waals surface area contributed by atoms with Crippen LogP contribution in [0.25, 0.3) is 10.8 Å². The summed E-state index contributed by atoms with van der Waals surface area (Å²) in [6, 6.07) is 9.46. The SMILES string of the molecule is c1cc2cc(NC3CC3)ccc2c(N2CCNCC2)n1. The summed E-state index contributed by atoms with van der Waals surface area (Å²) in [6.45, 7) is 4.15. The van der Waals surface area contributed by atoms with Gasteiger partial charge in [0.15, 0.2) is 0 Å². The van der Waals surface area contributed by atoms with E-state index < -0.39 is 0 Å². The smallest absolute Gasteiger partial charge is 0.136 e. The molecule has 4 rings (SSSR count). The van der Waals surface area contributed by atoms with Crippen molar-refractivity contribution in [3.8, 4) is 0 Å². The van der Waals surface area contributed by atoms with Crippen molar-refractivity contribution in [2.45, 2.75) is 18.9 Å². The van der Waals surface area contributed by atoms with Crippen molar-refractivity contribution in [1.29, 1.82) is 0 Å². The highest BCUT2D eigenvalue weighted by Gasteiger charge is 2.21. The second-order valence-electron chi connectivity index (χ2n) is 5.73. The average Bonchev–Trinajstić information content (AvgIpc) is 3.31. The molecule has 2 heterocycles. The minimum atomic E-state index is 0.696. The number of hydrogen-bond donors (Lipinski definition) is 2. The van der Waals surface area contributed by atoms with Crippen LogP contribution < -0.4 is 15.5 Å². The third kappa shape index (κ3) is 2.31. The molecule has 2 aliphatic rings. The Morgan fingerprint density at radius 2 is 2.00 bits per heavy atom. The van der Waals surface area contributed by atoms with E-state index in [9.17, 15) is 0 Å². The number of benzene rings is 1. The number of hydrogen-bond acceptors (Lipinski definition) is 4. The van der Waals surface area contributed by atoms with E-state index in [0.29, 0.717) is 6.04 Å². The Hall–Kier alpha value is -1.81. The molecule has 20 heavy (non-hydrogen) atoms. The first kappa shape index (κ1) is 12.0. The number of piperazine rings is 1. The lowest BCUT2D eigenvalue weighted by atomic mass is 10.1. The van der Waals surface area contributed by atoms with Gasteiger partial charge < -0.3 is 15.5 Å². The van der Waals surface area contributed by atoms with E-state index in [1.54, 1.807) is 0 Å². The monoisotopic (exact) mass is 268 g/mol. The van der Waals surface area contributed by atoms with Crippen LogP contribution >= 0.6 is 0 Å². The van der Waals surface area contributed by atoms with E-state index in [0.717, 1.165) is 32.0 Å². The maximum atomic E-state index is 4.61. The van der Waals surface area contributed by atoms with Gasteiger partial charge in [-0.25, -0.2) is 4.98 Å². The van der Waals surface area contributed by atoms with Crippen molar-refractivity contribution in [2.24, 2.45) is 0 Å². The molecule has 1 aromatic carbocycles. The van der Waals surface area contributed by atoms with Crippen LogP contribution in [0.3, 0.4) is 0 Å². The quantitative estimate of drug-likeness (QED) is 0.895. The number of rotatable bonds is 3. The van der Waals surface area contributed by atoms with E-state index in [4.69, 9.17) is 0 Å². The maximum Gasteiger partial charge on any atom is 0.136 e. The Morgan fingerprint density at radius 1 is 1.15 bits per heavy atom. The molecule has 4 nitrogen and oxygen atoms in total. The van der Waals surface area contributed by atoms with Gasteiger partial charge in [0, 0.05) is 49.5 Å². The molecule has 0 amide bonds. The molecule has 0 unspecified atom stereocenters. The van der Waals surface area contributed by atoms with Crippen molar-refractivity contribution >= 4 is 22.3 Å². The van der Waals surface area contributed by atoms with E-state index in [1.165, 1.54) is 29.3 Å². The summed E-state index contributed by atoms with van der Waals surface area (Å²) in [5.74, 6) is 1.13. The second-order valence-corrected chi connectivity index (χ2v) is 5.73. The third-order valence-corrected chi connectivity index (χ3v) is 4.11. The van der Waals surface area contributed by atoms with Gasteiger partial charge in [-0.05, 0) is 42.5 Å². The summed E-state index contributed by atoms with van der Waals surface area (Å²) in [4.78, 5) is 6.99. The summed E-state index contributed by atoms with van der Waals surface area (Å²) < 4.78 is 0. The van der Waals surface area contributed by atoms with E-state index in [1.807, 2.05) is 6.20 Å². The summed E-state index contributed by atoms with van der Waals surface area (Å²) in [5.41, 5.74) is 1.23. The van der Waals surface area contributed by atoms with Crippen LogP contribution in [0.15, 0.2) is 30.5 Å². The second kappa shape index (κ2) is 4.94. The molecule has 0 bridgehead atoms. The zero-order valence-electron chi connectivity index (χ0n) is 11.6. The molecule has 0 spiro atoms. The van der Waals surface area contributed by atoms with Crippen molar-refractivity contribution in [3.63, 3.8) is 0 Å². The van der Waals surface area contributed by atoms with Gasteiger partial charge >= 0.3 is 0 Å². The first-order chi connectivity index (χ1) is 9.90. The van der Waals surface area contributed by atoms with Gasteiger partial charge in [0.25, 0.3) is 0 Å². The first-order valence-corrected chi connectivity index (χ1v) is 7.51. The topological polar surface area (TPSA) is 40.2 Å². The predicted molar refractivity (Wildman–Crippen MR) is 83.5 cm³/mol. The van der Waals surface area contributed by atoms with Crippen molar-refractivity contribution in [1.82, 2.24) is 10.3 Å². The van der Waals surface area contributed by atoms with Gasteiger partial charge in [-0.1, -0.05) is 0 Å². The largest absolute Gasteiger partial charge is 0.382 e. The van der Waals surface area contributed by atoms with Crippen LogP contribution in [0.1, 0.15) is 12.8 Å². The minimum absolute atomic E-state index is 0.696. The van der Waals surface area contributed by atoms with Crippen LogP contribution in [-0.2, 0) is 0 Å². The molecule has 4 heteroatoms. The van der Waals surface area contributed by atoms with Gasteiger partial charge in [-0.2, -0.15) is 0 Å². The zero-order chi connectivity index (χ0) is 13.4. The summed E-state index contributed by atoms with van der Waals surface area (Å²) in [7, 11) is 0. The number of nitrogens with one attached hydrogen (secondary N) is 2. The molecule has 2 N–H and O–H groups in total. The maximum absolute atomic E-state index is 4.61. The molecule has 1 saturated carbocycles. The number of aromatic nitrogens is 1. The molecule has 1 saturated heterocycles. The van der Waals surface area contributed by atoms with Crippen molar-refractivity contribution in [2.75, 3.05) is 36.4 Å². The third-order valence-electron chi connectivity index (χ3n) is 4.11. The Labute approximate surface area is 119 Å². The van der Waals surface area contributed by atoms with Crippen LogP contribution in [-0.4, -0.2) is 37.2 Å². The highest BCUT2D eigenvalue weighted by atomic mass is 15.2. The van der Waals surface area contributed by atoms with Crippen LogP contribution in [0.5, 0.6) is 0 Å². The highest BCUT2D eigenvalue weighted by molar-refractivity contribution is 5.94. The number of fused-ring (bicyclic) bond motifs is 1. The fourth-order valence-electron chi connectivity index (χ4n) is 2.84. The first-order valence-electron chi connectivity index (χ1n) is 7.51. The van der Waals surface area contributed by atoms with Crippen molar-refractivity contribution < 1.29 is 0 Å². The fourth-order valence-corrected chi connectivity index (χ4v) is 2.84. The Bertz CT molecular complexity index is 615. The normalized spacial score (nSPS) is 19.3. The Balaban J connectivity index is 1.69. The molecular formula is C16H20N4. The molecule has 0 radical (unpaired) electrons. The van der Waals surface area contributed by atoms with Gasteiger partial charge in [0.2, 0.25) is 0 Å². The van der Waals surface area contributed by atoms with Crippen LogP contribution in [0.4, 0.5) is 11.5 Å². The van der Waals surface area contributed by atoms with Gasteiger partial charge in [0.05, 0.1) is 0 Å².